The third-order valence-corrected chi connectivity index (χ3v) is 3.00. The van der Waals surface area contributed by atoms with Crippen LogP contribution in [0.1, 0.15) is 17.5 Å². The van der Waals surface area contributed by atoms with Gasteiger partial charge in [0.1, 0.15) is 5.76 Å². The molecule has 0 spiro atoms. The van der Waals surface area contributed by atoms with Gasteiger partial charge in [-0.3, -0.25) is 4.98 Å². The molecule has 1 unspecified atom stereocenters. The Labute approximate surface area is 105 Å². The summed E-state index contributed by atoms with van der Waals surface area (Å²) in [4.78, 5) is 4.59. The lowest BCUT2D eigenvalue weighted by atomic mass is 10.1. The van der Waals surface area contributed by atoms with E-state index in [0.29, 0.717) is 6.42 Å². The summed E-state index contributed by atoms with van der Waals surface area (Å²) in [5.41, 5.74) is 8.03. The van der Waals surface area contributed by atoms with Gasteiger partial charge in [0.2, 0.25) is 0 Å². The van der Waals surface area contributed by atoms with Crippen molar-refractivity contribution in [3.05, 3.63) is 66.2 Å². The monoisotopic (exact) mass is 238 g/mol. The van der Waals surface area contributed by atoms with E-state index in [1.54, 1.807) is 6.26 Å². The van der Waals surface area contributed by atoms with Crippen molar-refractivity contribution in [3.63, 3.8) is 0 Å². The van der Waals surface area contributed by atoms with Gasteiger partial charge in [0.15, 0.2) is 0 Å². The molecule has 90 valence electrons. The largest absolute Gasteiger partial charge is 0.469 e. The lowest BCUT2D eigenvalue weighted by Gasteiger charge is -2.10. The minimum Gasteiger partial charge on any atom is -0.469 e. The predicted molar refractivity (Wildman–Crippen MR) is 71.1 cm³/mol. The highest BCUT2D eigenvalue weighted by Gasteiger charge is 2.10. The zero-order valence-electron chi connectivity index (χ0n) is 9.91. The van der Waals surface area contributed by atoms with E-state index < -0.39 is 0 Å². The van der Waals surface area contributed by atoms with Gasteiger partial charge in [-0.25, -0.2) is 0 Å². The average Bonchev–Trinajstić information content (AvgIpc) is 2.91. The standard InChI is InChI=1S/C15H14N2O/c16-13(10-12-5-3-9-18-12)15-8-7-11-4-1-2-6-14(11)17-15/h1-9,13H,10,16H2. The van der Waals surface area contributed by atoms with Crippen LogP contribution in [-0.4, -0.2) is 4.98 Å². The highest BCUT2D eigenvalue weighted by molar-refractivity contribution is 5.78. The SMILES string of the molecule is NC(Cc1ccco1)c1ccc2ccccc2n1. The van der Waals surface area contributed by atoms with Gasteiger partial charge in [-0.15, -0.1) is 0 Å². The maximum atomic E-state index is 6.15. The molecule has 3 rings (SSSR count). The molecule has 18 heavy (non-hydrogen) atoms. The Morgan fingerprint density at radius 3 is 2.78 bits per heavy atom. The van der Waals surface area contributed by atoms with E-state index in [-0.39, 0.29) is 6.04 Å². The molecule has 0 aliphatic heterocycles. The van der Waals surface area contributed by atoms with Crippen molar-refractivity contribution in [2.75, 3.05) is 0 Å². The van der Waals surface area contributed by atoms with Gasteiger partial charge >= 0.3 is 0 Å². The van der Waals surface area contributed by atoms with Crippen molar-refractivity contribution in [1.29, 1.82) is 0 Å². The smallest absolute Gasteiger partial charge is 0.105 e. The van der Waals surface area contributed by atoms with Crippen LogP contribution < -0.4 is 5.73 Å². The maximum Gasteiger partial charge on any atom is 0.105 e. The number of nitrogens with zero attached hydrogens (tertiary/aromatic N) is 1. The number of hydrogen-bond donors (Lipinski definition) is 1. The molecule has 0 bridgehead atoms. The first kappa shape index (κ1) is 11.0. The molecule has 1 aromatic carbocycles. The minimum atomic E-state index is -0.138. The molecule has 0 fully saturated rings. The van der Waals surface area contributed by atoms with Crippen LogP contribution in [0.15, 0.2) is 59.2 Å². The van der Waals surface area contributed by atoms with Gasteiger partial charge in [-0.2, -0.15) is 0 Å². The zero-order chi connectivity index (χ0) is 12.4. The fourth-order valence-corrected chi connectivity index (χ4v) is 2.04. The molecule has 0 saturated carbocycles. The fourth-order valence-electron chi connectivity index (χ4n) is 2.04. The lowest BCUT2D eigenvalue weighted by Crippen LogP contribution is -2.14. The quantitative estimate of drug-likeness (QED) is 0.763. The molecule has 3 nitrogen and oxygen atoms in total. The fraction of sp³-hybridized carbons (Fsp3) is 0.133. The second-order valence-corrected chi connectivity index (χ2v) is 4.32. The van der Waals surface area contributed by atoms with Gasteiger partial charge in [0, 0.05) is 11.8 Å². The Hall–Kier alpha value is -2.13. The molecule has 0 amide bonds. The summed E-state index contributed by atoms with van der Waals surface area (Å²) < 4.78 is 5.31. The molecule has 3 heteroatoms. The Kier molecular flexibility index (Phi) is 2.82. The van der Waals surface area contributed by atoms with Gasteiger partial charge in [-0.05, 0) is 24.3 Å². The van der Waals surface area contributed by atoms with Crippen LogP contribution in [0, 0.1) is 0 Å². The highest BCUT2D eigenvalue weighted by Crippen LogP contribution is 2.18. The van der Waals surface area contributed by atoms with Gasteiger partial charge < -0.3 is 10.2 Å². The Balaban J connectivity index is 1.89. The first-order chi connectivity index (χ1) is 8.83. The van der Waals surface area contributed by atoms with Crippen molar-refractivity contribution in [1.82, 2.24) is 4.98 Å². The predicted octanol–water partition coefficient (Wildman–Crippen LogP) is 3.07. The molecular weight excluding hydrogens is 224 g/mol. The van der Waals surface area contributed by atoms with Crippen LogP contribution in [-0.2, 0) is 6.42 Å². The molecule has 0 saturated heterocycles. The second-order valence-electron chi connectivity index (χ2n) is 4.32. The van der Waals surface area contributed by atoms with E-state index in [4.69, 9.17) is 10.2 Å². The van der Waals surface area contributed by atoms with Crippen molar-refractivity contribution in [2.45, 2.75) is 12.5 Å². The minimum absolute atomic E-state index is 0.138. The molecule has 2 aromatic heterocycles. The first-order valence-electron chi connectivity index (χ1n) is 5.96. The maximum absolute atomic E-state index is 6.15. The molecule has 1 atom stereocenters. The average molecular weight is 238 g/mol. The third-order valence-electron chi connectivity index (χ3n) is 3.00. The van der Waals surface area contributed by atoms with Crippen molar-refractivity contribution >= 4 is 10.9 Å². The Bertz CT molecular complexity index is 646. The Morgan fingerprint density at radius 1 is 1.06 bits per heavy atom. The molecule has 3 aromatic rings. The highest BCUT2D eigenvalue weighted by atomic mass is 16.3. The molecule has 0 aliphatic carbocycles. The summed E-state index contributed by atoms with van der Waals surface area (Å²) in [7, 11) is 0. The number of hydrogen-bond acceptors (Lipinski definition) is 3. The van der Waals surface area contributed by atoms with Crippen LogP contribution >= 0.6 is 0 Å². The van der Waals surface area contributed by atoms with E-state index in [1.165, 1.54) is 0 Å². The van der Waals surface area contributed by atoms with Gasteiger partial charge in [0.25, 0.3) is 0 Å². The first-order valence-corrected chi connectivity index (χ1v) is 5.96. The number of rotatable bonds is 3. The summed E-state index contributed by atoms with van der Waals surface area (Å²) in [5.74, 6) is 0.887. The van der Waals surface area contributed by atoms with E-state index in [9.17, 15) is 0 Å². The van der Waals surface area contributed by atoms with Gasteiger partial charge in [-0.1, -0.05) is 24.3 Å². The molecule has 0 radical (unpaired) electrons. The molecule has 0 aliphatic rings. The lowest BCUT2D eigenvalue weighted by molar-refractivity contribution is 0.486. The van der Waals surface area contributed by atoms with E-state index in [0.717, 1.165) is 22.4 Å². The summed E-state index contributed by atoms with van der Waals surface area (Å²) in [5, 5.41) is 1.13. The van der Waals surface area contributed by atoms with Crippen molar-refractivity contribution in [2.24, 2.45) is 5.73 Å². The van der Waals surface area contributed by atoms with E-state index >= 15 is 0 Å². The number of nitrogens with two attached hydrogens (primary N) is 1. The normalized spacial score (nSPS) is 12.7. The van der Waals surface area contributed by atoms with E-state index in [1.807, 2.05) is 42.5 Å². The number of para-hydroxylation sites is 1. The van der Waals surface area contributed by atoms with E-state index in [2.05, 4.69) is 11.1 Å². The second kappa shape index (κ2) is 4.63. The van der Waals surface area contributed by atoms with Crippen LogP contribution in [0.5, 0.6) is 0 Å². The summed E-state index contributed by atoms with van der Waals surface area (Å²) in [6.45, 7) is 0. The van der Waals surface area contributed by atoms with Gasteiger partial charge in [0.05, 0.1) is 23.5 Å². The van der Waals surface area contributed by atoms with Crippen molar-refractivity contribution in [3.8, 4) is 0 Å². The van der Waals surface area contributed by atoms with Crippen LogP contribution in [0.3, 0.4) is 0 Å². The molecule has 2 heterocycles. The third kappa shape index (κ3) is 2.13. The van der Waals surface area contributed by atoms with Crippen LogP contribution in [0.4, 0.5) is 0 Å². The number of benzene rings is 1. The number of fused-ring (bicyclic) bond motifs is 1. The van der Waals surface area contributed by atoms with Crippen LogP contribution in [0.2, 0.25) is 0 Å². The summed E-state index contributed by atoms with van der Waals surface area (Å²) in [6, 6.07) is 15.7. The molecule has 2 N–H and O–H groups in total. The van der Waals surface area contributed by atoms with Crippen molar-refractivity contribution < 1.29 is 4.42 Å². The topological polar surface area (TPSA) is 52.0 Å². The Morgan fingerprint density at radius 2 is 1.94 bits per heavy atom. The zero-order valence-corrected chi connectivity index (χ0v) is 9.91. The summed E-state index contributed by atoms with van der Waals surface area (Å²) >= 11 is 0. The molecular formula is C15H14N2O. The summed E-state index contributed by atoms with van der Waals surface area (Å²) in [6.07, 6.45) is 2.33. The number of furan rings is 1. The van der Waals surface area contributed by atoms with Crippen LogP contribution in [0.25, 0.3) is 10.9 Å². The number of aromatic nitrogens is 1. The number of pyridine rings is 1.